The molecule has 2 rings (SSSR count). The van der Waals surface area contributed by atoms with Crippen LogP contribution in [0.1, 0.15) is 32.1 Å². The lowest BCUT2D eigenvalue weighted by Crippen LogP contribution is -2.57. The van der Waals surface area contributed by atoms with Gasteiger partial charge in [0, 0.05) is 6.92 Å². The number of anilines is 1. The molecule has 1 saturated heterocycles. The largest absolute Gasteiger partial charge is 0.480 e. The molecule has 20 heavy (non-hydrogen) atoms. The van der Waals surface area contributed by atoms with Crippen molar-refractivity contribution in [3.8, 4) is 0 Å². The van der Waals surface area contributed by atoms with Crippen LogP contribution < -0.4 is 5.32 Å². The summed E-state index contributed by atoms with van der Waals surface area (Å²) in [6.07, 6.45) is 2.27. The molecule has 1 aliphatic rings. The predicted molar refractivity (Wildman–Crippen MR) is 69.1 cm³/mol. The second-order valence-electron chi connectivity index (χ2n) is 5.13. The molecule has 8 nitrogen and oxygen atoms in total. The van der Waals surface area contributed by atoms with Gasteiger partial charge >= 0.3 is 12.0 Å². The highest BCUT2D eigenvalue weighted by atomic mass is 16.4. The highest BCUT2D eigenvalue weighted by Crippen LogP contribution is 2.27. The van der Waals surface area contributed by atoms with Crippen molar-refractivity contribution in [3.05, 3.63) is 5.89 Å². The van der Waals surface area contributed by atoms with Gasteiger partial charge < -0.3 is 9.52 Å². The Kier molecular flexibility index (Phi) is 4.03. The molecule has 2 heterocycles. The van der Waals surface area contributed by atoms with Gasteiger partial charge in [-0.2, -0.15) is 0 Å². The van der Waals surface area contributed by atoms with Crippen LogP contribution in [-0.4, -0.2) is 50.7 Å². The summed E-state index contributed by atoms with van der Waals surface area (Å²) < 4.78 is 5.05. The van der Waals surface area contributed by atoms with E-state index in [4.69, 9.17) is 4.42 Å². The van der Waals surface area contributed by atoms with Gasteiger partial charge in [-0.15, -0.1) is 5.10 Å². The Hall–Kier alpha value is -1.96. The standard InChI is InChI=1S/C12H18N4O4/c1-8-14-15-11(20-8)13-9(17)7-16-6-4-3-5-12(16,2)10(18)19/h3-7H2,1-2H3,(H,18,19)(H,13,15,17). The van der Waals surface area contributed by atoms with Crippen LogP contribution in [0.5, 0.6) is 0 Å². The average Bonchev–Trinajstić information content (AvgIpc) is 2.77. The first-order valence-corrected chi connectivity index (χ1v) is 6.50. The third kappa shape index (κ3) is 2.96. The molecule has 2 N–H and O–H groups in total. The molecule has 1 unspecified atom stereocenters. The maximum absolute atomic E-state index is 11.9. The summed E-state index contributed by atoms with van der Waals surface area (Å²) in [6, 6.07) is 0.0292. The van der Waals surface area contributed by atoms with Gasteiger partial charge in [-0.1, -0.05) is 5.10 Å². The van der Waals surface area contributed by atoms with Gasteiger partial charge in [-0.3, -0.25) is 19.8 Å². The Balaban J connectivity index is 2.00. The van der Waals surface area contributed by atoms with Crippen molar-refractivity contribution in [3.63, 3.8) is 0 Å². The molecule has 0 spiro atoms. The molecule has 0 aromatic carbocycles. The zero-order chi connectivity index (χ0) is 14.8. The molecule has 1 fully saturated rings. The number of aryl methyl sites for hydroxylation is 1. The van der Waals surface area contributed by atoms with Crippen molar-refractivity contribution in [1.82, 2.24) is 15.1 Å². The monoisotopic (exact) mass is 282 g/mol. The third-order valence-corrected chi connectivity index (χ3v) is 3.61. The predicted octanol–water partition coefficient (Wildman–Crippen LogP) is 0.646. The fourth-order valence-electron chi connectivity index (χ4n) is 2.35. The fraction of sp³-hybridized carbons (Fsp3) is 0.667. The van der Waals surface area contributed by atoms with E-state index in [-0.39, 0.29) is 18.5 Å². The van der Waals surface area contributed by atoms with Crippen molar-refractivity contribution in [2.45, 2.75) is 38.6 Å². The number of piperidine rings is 1. The number of hydrogen-bond donors (Lipinski definition) is 2. The molecular weight excluding hydrogens is 264 g/mol. The first-order valence-electron chi connectivity index (χ1n) is 6.50. The van der Waals surface area contributed by atoms with E-state index in [1.165, 1.54) is 0 Å². The number of nitrogens with zero attached hydrogens (tertiary/aromatic N) is 3. The van der Waals surface area contributed by atoms with Gasteiger partial charge in [0.15, 0.2) is 0 Å². The highest BCUT2D eigenvalue weighted by molar-refractivity contribution is 5.91. The van der Waals surface area contributed by atoms with Crippen LogP contribution in [0, 0.1) is 6.92 Å². The molecule has 0 radical (unpaired) electrons. The molecule has 0 saturated carbocycles. The molecule has 1 amide bonds. The van der Waals surface area contributed by atoms with E-state index in [2.05, 4.69) is 15.5 Å². The summed E-state index contributed by atoms with van der Waals surface area (Å²) in [5, 5.41) is 19.1. The van der Waals surface area contributed by atoms with Gasteiger partial charge in [0.25, 0.3) is 0 Å². The molecule has 8 heteroatoms. The normalized spacial score (nSPS) is 23.5. The zero-order valence-electron chi connectivity index (χ0n) is 11.5. The number of carbonyl (C=O) groups is 2. The molecule has 1 aromatic heterocycles. The second-order valence-corrected chi connectivity index (χ2v) is 5.13. The first kappa shape index (κ1) is 14.4. The molecule has 0 bridgehead atoms. The molecular formula is C12H18N4O4. The number of carboxylic acids is 1. The average molecular weight is 282 g/mol. The Morgan fingerprint density at radius 2 is 2.20 bits per heavy atom. The lowest BCUT2D eigenvalue weighted by molar-refractivity contribution is -0.153. The Labute approximate surface area is 116 Å². The van der Waals surface area contributed by atoms with E-state index >= 15 is 0 Å². The first-order chi connectivity index (χ1) is 9.41. The minimum atomic E-state index is -1.000. The fourth-order valence-corrected chi connectivity index (χ4v) is 2.35. The van der Waals surface area contributed by atoms with E-state index < -0.39 is 11.5 Å². The summed E-state index contributed by atoms with van der Waals surface area (Å²) in [5.74, 6) is -0.907. The van der Waals surface area contributed by atoms with Crippen LogP contribution in [-0.2, 0) is 9.59 Å². The van der Waals surface area contributed by atoms with E-state index in [1.807, 2.05) is 0 Å². The number of aromatic nitrogens is 2. The molecule has 1 aliphatic heterocycles. The summed E-state index contributed by atoms with van der Waals surface area (Å²) in [7, 11) is 0. The lowest BCUT2D eigenvalue weighted by atomic mass is 9.88. The number of hydrogen-bond acceptors (Lipinski definition) is 6. The van der Waals surface area contributed by atoms with Crippen molar-refractivity contribution < 1.29 is 19.1 Å². The van der Waals surface area contributed by atoms with Crippen molar-refractivity contribution in [2.75, 3.05) is 18.4 Å². The highest BCUT2D eigenvalue weighted by Gasteiger charge is 2.42. The van der Waals surface area contributed by atoms with Crippen LogP contribution >= 0.6 is 0 Å². The Morgan fingerprint density at radius 3 is 2.80 bits per heavy atom. The Bertz CT molecular complexity index is 515. The van der Waals surface area contributed by atoms with Crippen LogP contribution in [0.2, 0.25) is 0 Å². The minimum Gasteiger partial charge on any atom is -0.480 e. The Morgan fingerprint density at radius 1 is 1.45 bits per heavy atom. The van der Waals surface area contributed by atoms with E-state index in [0.29, 0.717) is 18.9 Å². The number of carbonyl (C=O) groups excluding carboxylic acids is 1. The van der Waals surface area contributed by atoms with Crippen LogP contribution in [0.25, 0.3) is 0 Å². The van der Waals surface area contributed by atoms with Gasteiger partial charge in [-0.25, -0.2) is 0 Å². The smallest absolute Gasteiger partial charge is 0.323 e. The van der Waals surface area contributed by atoms with Gasteiger partial charge in [-0.05, 0) is 32.7 Å². The number of likely N-dealkylation sites (tertiary alicyclic amines) is 1. The number of aliphatic carboxylic acids is 1. The topological polar surface area (TPSA) is 109 Å². The van der Waals surface area contributed by atoms with Crippen LogP contribution in [0.15, 0.2) is 4.42 Å². The number of nitrogens with one attached hydrogen (secondary N) is 1. The minimum absolute atomic E-state index is 0.00969. The number of rotatable bonds is 4. The second kappa shape index (κ2) is 5.58. The number of carboxylic acid groups (broad SMARTS) is 1. The van der Waals surface area contributed by atoms with Gasteiger partial charge in [0.05, 0.1) is 6.54 Å². The van der Waals surface area contributed by atoms with Crippen LogP contribution in [0.4, 0.5) is 6.01 Å². The zero-order valence-corrected chi connectivity index (χ0v) is 11.5. The summed E-state index contributed by atoms with van der Waals surface area (Å²) in [6.45, 7) is 3.84. The molecule has 0 aliphatic carbocycles. The maximum Gasteiger partial charge on any atom is 0.323 e. The SMILES string of the molecule is Cc1nnc(NC(=O)CN2CCCCC2(C)C(=O)O)o1. The van der Waals surface area contributed by atoms with E-state index in [1.54, 1.807) is 18.7 Å². The molecule has 1 atom stereocenters. The lowest BCUT2D eigenvalue weighted by Gasteiger charge is -2.40. The van der Waals surface area contributed by atoms with Crippen molar-refractivity contribution in [1.29, 1.82) is 0 Å². The van der Waals surface area contributed by atoms with Crippen LogP contribution in [0.3, 0.4) is 0 Å². The van der Waals surface area contributed by atoms with Crippen molar-refractivity contribution >= 4 is 17.9 Å². The summed E-state index contributed by atoms with van der Waals surface area (Å²) >= 11 is 0. The van der Waals surface area contributed by atoms with E-state index in [0.717, 1.165) is 12.8 Å². The third-order valence-electron chi connectivity index (χ3n) is 3.61. The van der Waals surface area contributed by atoms with Gasteiger partial charge in [0.2, 0.25) is 11.8 Å². The summed E-state index contributed by atoms with van der Waals surface area (Å²) in [5.41, 5.74) is -1.000. The van der Waals surface area contributed by atoms with E-state index in [9.17, 15) is 14.7 Å². The van der Waals surface area contributed by atoms with Gasteiger partial charge in [0.1, 0.15) is 5.54 Å². The summed E-state index contributed by atoms with van der Waals surface area (Å²) in [4.78, 5) is 25.0. The van der Waals surface area contributed by atoms with Crippen molar-refractivity contribution in [2.24, 2.45) is 0 Å². The molecule has 110 valence electrons. The maximum atomic E-state index is 11.9. The molecule has 1 aromatic rings. The number of amides is 1. The quantitative estimate of drug-likeness (QED) is 0.834.